The Morgan fingerprint density at radius 1 is 1.10 bits per heavy atom. The Kier molecular flexibility index (Phi) is 3.26. The molecule has 5 nitrogen and oxygen atoms in total. The summed E-state index contributed by atoms with van der Waals surface area (Å²) in [7, 11) is 0. The van der Waals surface area contributed by atoms with E-state index in [1.807, 2.05) is 27.7 Å². The van der Waals surface area contributed by atoms with Gasteiger partial charge in [0.2, 0.25) is 0 Å². The van der Waals surface area contributed by atoms with Crippen LogP contribution in [-0.4, -0.2) is 19.9 Å². The number of aromatic amines is 2. The van der Waals surface area contributed by atoms with Gasteiger partial charge >= 0.3 is 0 Å². The van der Waals surface area contributed by atoms with E-state index in [0.717, 1.165) is 32.2 Å². The van der Waals surface area contributed by atoms with Crippen molar-refractivity contribution in [2.45, 2.75) is 27.7 Å². The van der Waals surface area contributed by atoms with Crippen molar-refractivity contribution >= 4 is 33.8 Å². The molecule has 0 radical (unpaired) electrons. The van der Waals surface area contributed by atoms with Crippen molar-refractivity contribution in [3.8, 4) is 11.4 Å². The lowest BCUT2D eigenvalue weighted by atomic mass is 10.1. The van der Waals surface area contributed by atoms with Gasteiger partial charge in [-0.1, -0.05) is 0 Å². The molecule has 0 atom stereocenters. The van der Waals surface area contributed by atoms with Crippen LogP contribution in [0.5, 0.6) is 0 Å². The second kappa shape index (κ2) is 4.85. The fourth-order valence-electron chi connectivity index (χ4n) is 2.45. The zero-order valence-electron chi connectivity index (χ0n) is 12.1. The van der Waals surface area contributed by atoms with E-state index in [1.165, 1.54) is 11.3 Å². The maximum Gasteiger partial charge on any atom is 0.260 e. The SMILES string of the molecule is Cc1nc(=S)[nH]c(C)c1-c1nc2sc(C)c(C)c2c(=O)[nH]1. The molecule has 0 fully saturated rings. The second-order valence-electron chi connectivity index (χ2n) is 5.01. The number of hydrogen-bond acceptors (Lipinski definition) is 5. The lowest BCUT2D eigenvalue weighted by Gasteiger charge is -2.08. The summed E-state index contributed by atoms with van der Waals surface area (Å²) < 4.78 is 0.431. The molecule has 7 heteroatoms. The zero-order chi connectivity index (χ0) is 15.3. The van der Waals surface area contributed by atoms with Crippen LogP contribution in [0.3, 0.4) is 0 Å². The maximum absolute atomic E-state index is 12.4. The van der Waals surface area contributed by atoms with Crippen molar-refractivity contribution in [2.24, 2.45) is 0 Å². The Morgan fingerprint density at radius 2 is 1.81 bits per heavy atom. The van der Waals surface area contributed by atoms with Crippen molar-refractivity contribution in [2.75, 3.05) is 0 Å². The lowest BCUT2D eigenvalue weighted by molar-refractivity contribution is 1.02. The number of fused-ring (bicyclic) bond motifs is 1. The van der Waals surface area contributed by atoms with Crippen molar-refractivity contribution < 1.29 is 0 Å². The Labute approximate surface area is 130 Å². The third kappa shape index (κ3) is 2.22. The first-order valence-electron chi connectivity index (χ1n) is 6.46. The molecule has 0 amide bonds. The zero-order valence-corrected chi connectivity index (χ0v) is 13.8. The molecule has 0 saturated carbocycles. The van der Waals surface area contributed by atoms with E-state index in [0.29, 0.717) is 16.0 Å². The summed E-state index contributed by atoms with van der Waals surface area (Å²) in [6, 6.07) is 0. The minimum atomic E-state index is -0.113. The summed E-state index contributed by atoms with van der Waals surface area (Å²) >= 11 is 6.60. The summed E-state index contributed by atoms with van der Waals surface area (Å²) in [6.07, 6.45) is 0. The molecule has 0 bridgehead atoms. The largest absolute Gasteiger partial charge is 0.334 e. The quantitative estimate of drug-likeness (QED) is 0.675. The van der Waals surface area contributed by atoms with Crippen molar-refractivity contribution in [1.82, 2.24) is 19.9 Å². The fraction of sp³-hybridized carbons (Fsp3) is 0.286. The van der Waals surface area contributed by atoms with Gasteiger partial charge in [0.25, 0.3) is 5.56 Å². The number of nitrogens with zero attached hydrogens (tertiary/aromatic N) is 2. The van der Waals surface area contributed by atoms with Crippen molar-refractivity contribution in [3.63, 3.8) is 0 Å². The molecule has 3 aromatic rings. The second-order valence-corrected chi connectivity index (χ2v) is 6.60. The molecule has 0 aliphatic heterocycles. The van der Waals surface area contributed by atoms with Crippen LogP contribution in [0.1, 0.15) is 21.8 Å². The van der Waals surface area contributed by atoms with E-state index in [1.54, 1.807) is 0 Å². The smallest absolute Gasteiger partial charge is 0.260 e. The first-order valence-corrected chi connectivity index (χ1v) is 7.69. The predicted molar refractivity (Wildman–Crippen MR) is 87.6 cm³/mol. The van der Waals surface area contributed by atoms with Gasteiger partial charge in [-0.05, 0) is 45.5 Å². The van der Waals surface area contributed by atoms with E-state index in [9.17, 15) is 4.79 Å². The number of rotatable bonds is 1. The molecule has 3 rings (SSSR count). The number of aryl methyl sites for hydroxylation is 4. The average molecular weight is 318 g/mol. The summed E-state index contributed by atoms with van der Waals surface area (Å²) in [5.74, 6) is 0.530. The number of aromatic nitrogens is 4. The highest BCUT2D eigenvalue weighted by Crippen LogP contribution is 2.28. The van der Waals surface area contributed by atoms with E-state index < -0.39 is 0 Å². The van der Waals surface area contributed by atoms with Gasteiger partial charge in [0.1, 0.15) is 10.7 Å². The molecule has 2 N–H and O–H groups in total. The van der Waals surface area contributed by atoms with Gasteiger partial charge in [-0.3, -0.25) is 4.79 Å². The molecule has 0 aliphatic rings. The summed E-state index contributed by atoms with van der Waals surface area (Å²) in [6.45, 7) is 7.71. The van der Waals surface area contributed by atoms with Gasteiger partial charge < -0.3 is 9.97 Å². The molecular formula is C14H14N4OS2. The summed E-state index contributed by atoms with van der Waals surface area (Å²) in [4.78, 5) is 28.9. The van der Waals surface area contributed by atoms with Crippen LogP contribution >= 0.6 is 23.6 Å². The van der Waals surface area contributed by atoms with Gasteiger partial charge in [0, 0.05) is 10.6 Å². The average Bonchev–Trinajstić information content (AvgIpc) is 2.64. The Hall–Kier alpha value is -1.86. The Morgan fingerprint density at radius 3 is 2.48 bits per heavy atom. The molecule has 108 valence electrons. The molecule has 0 saturated heterocycles. The minimum absolute atomic E-state index is 0.113. The van der Waals surface area contributed by atoms with Crippen LogP contribution < -0.4 is 5.56 Å². The monoisotopic (exact) mass is 318 g/mol. The standard InChI is InChI=1S/C14H14N4OS2/c1-5-8(4)21-13-9(5)12(19)17-11(18-13)10-6(2)15-14(20)16-7(10)3/h1-4H3,(H,15,16,20)(H,17,18,19). The molecule has 0 aromatic carbocycles. The van der Waals surface area contributed by atoms with Crippen molar-refractivity contribution in [3.05, 3.63) is 37.0 Å². The van der Waals surface area contributed by atoms with Crippen molar-refractivity contribution in [1.29, 1.82) is 0 Å². The van der Waals surface area contributed by atoms with E-state index in [4.69, 9.17) is 12.2 Å². The molecule has 0 unspecified atom stereocenters. The van der Waals surface area contributed by atoms with Gasteiger partial charge in [0.15, 0.2) is 4.77 Å². The Balaban J connectivity index is 2.37. The first-order chi connectivity index (χ1) is 9.88. The first kappa shape index (κ1) is 14.1. The molecule has 0 spiro atoms. The Bertz CT molecular complexity index is 955. The highest BCUT2D eigenvalue weighted by atomic mass is 32.1. The summed E-state index contributed by atoms with van der Waals surface area (Å²) in [5.41, 5.74) is 3.28. The summed E-state index contributed by atoms with van der Waals surface area (Å²) in [5, 5.41) is 0.674. The molecular weight excluding hydrogens is 304 g/mol. The van der Waals surface area contributed by atoms with E-state index in [2.05, 4.69) is 19.9 Å². The van der Waals surface area contributed by atoms with Crippen LogP contribution in [0.4, 0.5) is 0 Å². The van der Waals surface area contributed by atoms with Crippen LogP contribution in [0.25, 0.3) is 21.6 Å². The van der Waals surface area contributed by atoms with Gasteiger partial charge in [-0.15, -0.1) is 11.3 Å². The maximum atomic E-state index is 12.4. The van der Waals surface area contributed by atoms with Crippen LogP contribution in [0.15, 0.2) is 4.79 Å². The topological polar surface area (TPSA) is 74.4 Å². The normalized spacial score (nSPS) is 11.2. The number of H-pyrrole nitrogens is 2. The lowest BCUT2D eigenvalue weighted by Crippen LogP contribution is -2.11. The highest BCUT2D eigenvalue weighted by molar-refractivity contribution is 7.71. The molecule has 0 aliphatic carbocycles. The highest BCUT2D eigenvalue weighted by Gasteiger charge is 2.15. The number of thiophene rings is 1. The van der Waals surface area contributed by atoms with E-state index in [-0.39, 0.29) is 5.56 Å². The minimum Gasteiger partial charge on any atom is -0.334 e. The van der Waals surface area contributed by atoms with Gasteiger partial charge in [-0.2, -0.15) is 0 Å². The number of hydrogen-bond donors (Lipinski definition) is 2. The predicted octanol–water partition coefficient (Wildman–Crippen LogP) is 3.34. The van der Waals surface area contributed by atoms with Gasteiger partial charge in [-0.25, -0.2) is 9.97 Å². The molecule has 3 heterocycles. The third-order valence-electron chi connectivity index (χ3n) is 3.58. The van der Waals surface area contributed by atoms with Crippen LogP contribution in [-0.2, 0) is 0 Å². The third-order valence-corrected chi connectivity index (χ3v) is 4.87. The van der Waals surface area contributed by atoms with Gasteiger partial charge in [0.05, 0.1) is 16.6 Å². The number of nitrogens with one attached hydrogen (secondary N) is 2. The molecule has 21 heavy (non-hydrogen) atoms. The molecule has 3 aromatic heterocycles. The fourth-order valence-corrected chi connectivity index (χ4v) is 3.77. The van der Waals surface area contributed by atoms with E-state index >= 15 is 0 Å². The van der Waals surface area contributed by atoms with Crippen LogP contribution in [0.2, 0.25) is 0 Å². The van der Waals surface area contributed by atoms with Crippen LogP contribution in [0, 0.1) is 32.5 Å².